The summed E-state index contributed by atoms with van der Waals surface area (Å²) in [6.07, 6.45) is 6.20. The maximum absolute atomic E-state index is 2.12. The molecule has 0 atom stereocenters. The third kappa shape index (κ3) is 4.00. The Balaban J connectivity index is 3.61. The molecule has 0 nitrogen and oxygen atoms in total. The first-order chi connectivity index (χ1) is 3.81. The summed E-state index contributed by atoms with van der Waals surface area (Å²) in [6, 6.07) is 0. The van der Waals surface area contributed by atoms with E-state index in [4.69, 9.17) is 0 Å². The molecule has 0 amide bonds. The van der Waals surface area contributed by atoms with Crippen LogP contribution in [0.1, 0.15) is 13.8 Å². The Hall–Kier alpha value is -0.170. The van der Waals surface area contributed by atoms with Gasteiger partial charge in [0.15, 0.2) is 0 Å². The molecule has 0 aromatic rings. The van der Waals surface area contributed by atoms with Gasteiger partial charge in [-0.3, -0.25) is 0 Å². The molecule has 0 radical (unpaired) electrons. The Morgan fingerprint density at radius 2 is 2.12 bits per heavy atom. The molecule has 8 heavy (non-hydrogen) atoms. The number of thioether (sulfide) groups is 1. The van der Waals surface area contributed by atoms with Gasteiger partial charge in [-0.2, -0.15) is 0 Å². The Kier molecular flexibility index (Phi) is 4.87. The van der Waals surface area contributed by atoms with E-state index in [0.29, 0.717) is 0 Å². The largest absolute Gasteiger partial charge is 0.137 e. The zero-order valence-electron chi connectivity index (χ0n) is 5.64. The zero-order chi connectivity index (χ0) is 6.41. The molecule has 0 unspecified atom stereocenters. The highest BCUT2D eigenvalue weighted by Crippen LogP contribution is 2.02. The van der Waals surface area contributed by atoms with E-state index >= 15 is 0 Å². The highest BCUT2D eigenvalue weighted by atomic mass is 32.2. The van der Waals surface area contributed by atoms with Crippen molar-refractivity contribution in [2.24, 2.45) is 0 Å². The summed E-state index contributed by atoms with van der Waals surface area (Å²) in [5, 5.41) is 2.12. The van der Waals surface area contributed by atoms with Crippen LogP contribution < -0.4 is 0 Å². The zero-order valence-corrected chi connectivity index (χ0v) is 6.46. The van der Waals surface area contributed by atoms with Crippen LogP contribution in [0, 0.1) is 0 Å². The fraction of sp³-hybridized carbons (Fsp3) is 0.429. The van der Waals surface area contributed by atoms with Crippen LogP contribution >= 0.6 is 11.8 Å². The van der Waals surface area contributed by atoms with Crippen LogP contribution in [0.5, 0.6) is 0 Å². The summed E-state index contributed by atoms with van der Waals surface area (Å²) in [5.41, 5.74) is 1.32. The highest BCUT2D eigenvalue weighted by Gasteiger charge is 1.74. The van der Waals surface area contributed by atoms with E-state index in [1.165, 1.54) is 5.57 Å². The first-order valence-electron chi connectivity index (χ1n) is 2.63. The van der Waals surface area contributed by atoms with E-state index in [1.54, 1.807) is 11.8 Å². The normalized spacial score (nSPS) is 13.1. The maximum Gasteiger partial charge on any atom is -0.0142 e. The monoisotopic (exact) mass is 128 g/mol. The van der Waals surface area contributed by atoms with E-state index in [-0.39, 0.29) is 0 Å². The minimum Gasteiger partial charge on any atom is -0.137 e. The predicted molar refractivity (Wildman–Crippen MR) is 42.1 cm³/mol. The lowest BCUT2D eigenvalue weighted by molar-refractivity contribution is 1.53. The van der Waals surface area contributed by atoms with Gasteiger partial charge in [-0.25, -0.2) is 0 Å². The highest BCUT2D eigenvalue weighted by molar-refractivity contribution is 8.01. The molecule has 46 valence electrons. The molecule has 0 heterocycles. The lowest BCUT2D eigenvalue weighted by Gasteiger charge is -1.85. The van der Waals surface area contributed by atoms with E-state index in [0.717, 1.165) is 0 Å². The van der Waals surface area contributed by atoms with Crippen molar-refractivity contribution in [1.29, 1.82) is 0 Å². The molecule has 0 rings (SSSR count). The van der Waals surface area contributed by atoms with E-state index in [9.17, 15) is 0 Å². The molecular formula is C7H12S. The van der Waals surface area contributed by atoms with Gasteiger partial charge in [0.1, 0.15) is 0 Å². The Morgan fingerprint density at radius 3 is 2.50 bits per heavy atom. The van der Waals surface area contributed by atoms with Crippen LogP contribution in [0.15, 0.2) is 23.1 Å². The molecule has 0 N–H and O–H groups in total. The van der Waals surface area contributed by atoms with Gasteiger partial charge in [0.05, 0.1) is 0 Å². The molecule has 0 aromatic carbocycles. The molecule has 0 aliphatic carbocycles. The van der Waals surface area contributed by atoms with Crippen molar-refractivity contribution >= 4 is 11.8 Å². The fourth-order valence-electron chi connectivity index (χ4n) is 0.488. The van der Waals surface area contributed by atoms with E-state index < -0.39 is 0 Å². The Morgan fingerprint density at radius 1 is 1.50 bits per heavy atom. The third-order valence-corrected chi connectivity index (χ3v) is 1.34. The first-order valence-corrected chi connectivity index (χ1v) is 3.92. The lowest BCUT2D eigenvalue weighted by Crippen LogP contribution is -1.61. The van der Waals surface area contributed by atoms with Crippen LogP contribution in [-0.2, 0) is 0 Å². The van der Waals surface area contributed by atoms with Crippen LogP contribution in [0.4, 0.5) is 0 Å². The van der Waals surface area contributed by atoms with Gasteiger partial charge in [0, 0.05) is 0 Å². The van der Waals surface area contributed by atoms with E-state index in [2.05, 4.69) is 24.7 Å². The minimum atomic E-state index is 1.32. The summed E-state index contributed by atoms with van der Waals surface area (Å²) in [4.78, 5) is 0. The van der Waals surface area contributed by atoms with Crippen LogP contribution in [0.25, 0.3) is 0 Å². The summed E-state index contributed by atoms with van der Waals surface area (Å²) in [5.74, 6) is 0. The molecule has 0 saturated heterocycles. The topological polar surface area (TPSA) is 0 Å². The molecule has 0 aromatic heterocycles. The van der Waals surface area contributed by atoms with Crippen molar-refractivity contribution in [2.45, 2.75) is 13.8 Å². The van der Waals surface area contributed by atoms with Crippen molar-refractivity contribution in [3.8, 4) is 0 Å². The second-order valence-corrected chi connectivity index (χ2v) is 2.30. The minimum absolute atomic E-state index is 1.32. The lowest BCUT2D eigenvalue weighted by atomic mass is 10.3. The molecule has 0 fully saturated rings. The van der Waals surface area contributed by atoms with Gasteiger partial charge in [0.2, 0.25) is 0 Å². The van der Waals surface area contributed by atoms with Crippen molar-refractivity contribution < 1.29 is 0 Å². The van der Waals surface area contributed by atoms with Crippen LogP contribution in [0.3, 0.4) is 0 Å². The standard InChI is InChI=1S/C7H12S/c1-4-5-7(2)6-8-3/h4-6H,1-3H3/b5-4+,7-6-. The number of hydrogen-bond acceptors (Lipinski definition) is 1. The molecule has 0 aliphatic rings. The van der Waals surface area contributed by atoms with Crippen LogP contribution in [-0.4, -0.2) is 6.26 Å². The average molecular weight is 128 g/mol. The smallest absolute Gasteiger partial charge is 0.0142 e. The van der Waals surface area contributed by atoms with Crippen molar-refractivity contribution in [3.63, 3.8) is 0 Å². The average Bonchev–Trinajstić information content (AvgIpc) is 1.68. The summed E-state index contributed by atoms with van der Waals surface area (Å²) in [7, 11) is 0. The van der Waals surface area contributed by atoms with Gasteiger partial charge in [0.25, 0.3) is 0 Å². The third-order valence-electron chi connectivity index (χ3n) is 0.733. The molecule has 0 spiro atoms. The molecule has 1 heteroatoms. The van der Waals surface area contributed by atoms with Gasteiger partial charge in [-0.1, -0.05) is 12.2 Å². The summed E-state index contributed by atoms with van der Waals surface area (Å²) >= 11 is 1.74. The fourth-order valence-corrected chi connectivity index (χ4v) is 0.938. The van der Waals surface area contributed by atoms with Crippen molar-refractivity contribution in [2.75, 3.05) is 6.26 Å². The number of allylic oxidation sites excluding steroid dienone is 3. The van der Waals surface area contributed by atoms with Crippen LogP contribution in [0.2, 0.25) is 0 Å². The van der Waals surface area contributed by atoms with Crippen molar-refractivity contribution in [3.05, 3.63) is 23.1 Å². The molecule has 0 saturated carbocycles. The number of hydrogen-bond donors (Lipinski definition) is 0. The van der Waals surface area contributed by atoms with Gasteiger partial charge in [-0.15, -0.1) is 11.8 Å². The van der Waals surface area contributed by atoms with Gasteiger partial charge < -0.3 is 0 Å². The van der Waals surface area contributed by atoms with Gasteiger partial charge in [-0.05, 0) is 31.1 Å². The second kappa shape index (κ2) is 4.98. The van der Waals surface area contributed by atoms with E-state index in [1.807, 2.05) is 13.0 Å². The van der Waals surface area contributed by atoms with Gasteiger partial charge >= 0.3 is 0 Å². The SMILES string of the molecule is C/C=C/C(C)=C\SC. The summed E-state index contributed by atoms with van der Waals surface area (Å²) < 4.78 is 0. The maximum atomic E-state index is 2.12. The molecule has 0 bridgehead atoms. The Bertz CT molecular complexity index is 101. The predicted octanol–water partition coefficient (Wildman–Crippen LogP) is 2.83. The second-order valence-electron chi connectivity index (χ2n) is 1.60. The quantitative estimate of drug-likeness (QED) is 0.515. The molecular weight excluding hydrogens is 116 g/mol. The Labute approximate surface area is 55.7 Å². The number of rotatable bonds is 2. The summed E-state index contributed by atoms with van der Waals surface area (Å²) in [6.45, 7) is 4.12. The first kappa shape index (κ1) is 7.83. The molecule has 0 aliphatic heterocycles. The van der Waals surface area contributed by atoms with Crippen molar-refractivity contribution in [1.82, 2.24) is 0 Å².